The quantitative estimate of drug-likeness (QED) is 0.147. The van der Waals surface area contributed by atoms with E-state index in [1.54, 1.807) is 13.8 Å². The van der Waals surface area contributed by atoms with Crippen molar-refractivity contribution in [2.24, 2.45) is 11.8 Å². The van der Waals surface area contributed by atoms with Gasteiger partial charge in [-0.05, 0) is 46.6 Å². The number of hydrogen-bond acceptors (Lipinski definition) is 10. The molecule has 230 valence electrons. The Hall–Kier alpha value is -2.74. The lowest BCUT2D eigenvalue weighted by molar-refractivity contribution is -0.180. The van der Waals surface area contributed by atoms with Crippen LogP contribution in [0.1, 0.15) is 68.2 Å². The molecule has 0 saturated carbocycles. The van der Waals surface area contributed by atoms with E-state index >= 15 is 0 Å². The number of rotatable bonds is 16. The molecule has 2 amide bonds. The SMILES string of the molecule is CC[C@@H](C)[C@H](NC)C(=O)[C@](C)(C(=O)[C@@](C(=O)[C@](C)(O)C(=O)O)([C@@H](C)CC)N(C)C(=O)[C@@H](C)O)N(C)C(=O)[C@@H](C)O. The summed E-state index contributed by atoms with van der Waals surface area (Å²) in [5.41, 5.74) is -8.68. The van der Waals surface area contributed by atoms with Gasteiger partial charge < -0.3 is 35.5 Å². The van der Waals surface area contributed by atoms with E-state index in [1.807, 2.05) is 0 Å². The fourth-order valence-corrected chi connectivity index (χ4v) is 4.92. The summed E-state index contributed by atoms with van der Waals surface area (Å²) < 4.78 is 0. The third-order valence-corrected chi connectivity index (χ3v) is 8.18. The molecular formula is C27H47N3O10. The number of amides is 2. The lowest BCUT2D eigenvalue weighted by Crippen LogP contribution is -2.78. The molecule has 5 N–H and O–H groups in total. The smallest absolute Gasteiger partial charge is 0.343 e. The van der Waals surface area contributed by atoms with Crippen molar-refractivity contribution in [3.05, 3.63) is 0 Å². The van der Waals surface area contributed by atoms with Crippen LogP contribution in [0, 0.1) is 11.8 Å². The van der Waals surface area contributed by atoms with Crippen molar-refractivity contribution in [1.82, 2.24) is 15.1 Å². The van der Waals surface area contributed by atoms with Crippen molar-refractivity contribution in [1.29, 1.82) is 0 Å². The molecule has 40 heavy (non-hydrogen) atoms. The highest BCUT2D eigenvalue weighted by Gasteiger charge is 2.67. The maximum Gasteiger partial charge on any atom is 0.343 e. The summed E-state index contributed by atoms with van der Waals surface area (Å²) in [5.74, 6) is -9.79. The van der Waals surface area contributed by atoms with Crippen LogP contribution in [0.3, 0.4) is 0 Å². The lowest BCUT2D eigenvalue weighted by Gasteiger charge is -2.51. The Labute approximate surface area is 235 Å². The van der Waals surface area contributed by atoms with Gasteiger partial charge in [0.25, 0.3) is 11.8 Å². The van der Waals surface area contributed by atoms with E-state index in [9.17, 15) is 49.2 Å². The van der Waals surface area contributed by atoms with Crippen LogP contribution in [0.5, 0.6) is 0 Å². The molecule has 0 unspecified atom stereocenters. The summed E-state index contributed by atoms with van der Waals surface area (Å²) in [7, 11) is 3.52. The first-order valence-electron chi connectivity index (χ1n) is 13.3. The Balaban J connectivity index is 8.19. The van der Waals surface area contributed by atoms with Gasteiger partial charge in [0, 0.05) is 14.1 Å². The average molecular weight is 574 g/mol. The van der Waals surface area contributed by atoms with Crippen molar-refractivity contribution in [3.8, 4) is 0 Å². The van der Waals surface area contributed by atoms with Gasteiger partial charge in [-0.2, -0.15) is 0 Å². The average Bonchev–Trinajstić information content (AvgIpc) is 2.90. The summed E-state index contributed by atoms with van der Waals surface area (Å²) in [4.78, 5) is 83.0. The van der Waals surface area contributed by atoms with Gasteiger partial charge in [0.1, 0.15) is 12.2 Å². The first-order valence-corrected chi connectivity index (χ1v) is 13.3. The summed E-state index contributed by atoms with van der Waals surface area (Å²) >= 11 is 0. The molecule has 0 fully saturated rings. The monoisotopic (exact) mass is 573 g/mol. The van der Waals surface area contributed by atoms with Crippen LogP contribution >= 0.6 is 0 Å². The van der Waals surface area contributed by atoms with Crippen molar-refractivity contribution in [2.75, 3.05) is 21.1 Å². The van der Waals surface area contributed by atoms with Gasteiger partial charge in [0.2, 0.25) is 11.4 Å². The second kappa shape index (κ2) is 13.7. The van der Waals surface area contributed by atoms with Crippen molar-refractivity contribution in [2.45, 2.75) is 103 Å². The van der Waals surface area contributed by atoms with E-state index in [2.05, 4.69) is 5.32 Å². The number of ketones is 3. The molecule has 0 saturated heterocycles. The minimum Gasteiger partial charge on any atom is -0.479 e. The van der Waals surface area contributed by atoms with Crippen LogP contribution in [0.4, 0.5) is 0 Å². The van der Waals surface area contributed by atoms with Gasteiger partial charge in [-0.15, -0.1) is 0 Å². The largest absolute Gasteiger partial charge is 0.479 e. The summed E-state index contributed by atoms with van der Waals surface area (Å²) in [6.07, 6.45) is -3.04. The molecule has 0 aromatic heterocycles. The van der Waals surface area contributed by atoms with Crippen LogP contribution < -0.4 is 5.32 Å². The zero-order valence-electron chi connectivity index (χ0n) is 25.4. The number of nitrogens with zero attached hydrogens (tertiary/aromatic N) is 2. The normalized spacial score (nSPS) is 19.9. The molecule has 0 aromatic rings. The predicted molar refractivity (Wildman–Crippen MR) is 145 cm³/mol. The summed E-state index contributed by atoms with van der Waals surface area (Å²) in [6, 6.07) is -1.06. The topological polar surface area (TPSA) is 202 Å². The fourth-order valence-electron chi connectivity index (χ4n) is 4.92. The van der Waals surface area contributed by atoms with E-state index in [0.29, 0.717) is 23.1 Å². The second-order valence-electron chi connectivity index (χ2n) is 10.8. The number of aliphatic carboxylic acids is 1. The van der Waals surface area contributed by atoms with Crippen LogP contribution in [0.2, 0.25) is 0 Å². The Kier molecular flexibility index (Phi) is 12.8. The molecule has 13 heteroatoms. The van der Waals surface area contributed by atoms with Crippen LogP contribution in [-0.4, -0.2) is 121 Å². The molecule has 0 spiro atoms. The Morgan fingerprint density at radius 1 is 0.800 bits per heavy atom. The first-order chi connectivity index (χ1) is 18.1. The first kappa shape index (κ1) is 37.3. The highest BCUT2D eigenvalue weighted by atomic mass is 16.4. The van der Waals surface area contributed by atoms with Gasteiger partial charge >= 0.3 is 5.97 Å². The molecule has 8 atom stereocenters. The molecule has 0 rings (SSSR count). The molecule has 0 aliphatic rings. The van der Waals surface area contributed by atoms with Gasteiger partial charge in [0.15, 0.2) is 22.6 Å². The Morgan fingerprint density at radius 2 is 1.23 bits per heavy atom. The highest BCUT2D eigenvalue weighted by Crippen LogP contribution is 2.39. The number of nitrogens with one attached hydrogen (secondary N) is 1. The molecular weight excluding hydrogens is 526 g/mol. The number of Topliss-reactive ketones (excluding diaryl/α,β-unsaturated/α-hetero) is 3. The van der Waals surface area contributed by atoms with E-state index < -0.39 is 81.9 Å². The molecule has 0 bridgehead atoms. The van der Waals surface area contributed by atoms with Crippen LogP contribution in [0.15, 0.2) is 0 Å². The zero-order valence-corrected chi connectivity index (χ0v) is 25.4. The van der Waals surface area contributed by atoms with Crippen LogP contribution in [-0.2, 0) is 28.8 Å². The number of carbonyl (C=O) groups excluding carboxylic acids is 5. The molecule has 0 heterocycles. The number of carbonyl (C=O) groups is 6. The van der Waals surface area contributed by atoms with Crippen molar-refractivity contribution in [3.63, 3.8) is 0 Å². The number of aliphatic hydroxyl groups is 3. The number of carboxylic acid groups (broad SMARTS) is 1. The minimum atomic E-state index is -3.23. The number of carboxylic acids is 1. The minimum absolute atomic E-state index is 0.0379. The predicted octanol–water partition coefficient (Wildman–Crippen LogP) is -0.615. The molecule has 0 aliphatic heterocycles. The van der Waals surface area contributed by atoms with Gasteiger partial charge in [0.05, 0.1) is 6.04 Å². The van der Waals surface area contributed by atoms with E-state index in [4.69, 9.17) is 0 Å². The lowest BCUT2D eigenvalue weighted by atomic mass is 9.63. The van der Waals surface area contributed by atoms with E-state index in [-0.39, 0.29) is 6.42 Å². The summed E-state index contributed by atoms with van der Waals surface area (Å²) in [5, 5.41) is 43.7. The Morgan fingerprint density at radius 3 is 1.55 bits per heavy atom. The third kappa shape index (κ3) is 6.27. The molecule has 0 aliphatic carbocycles. The molecule has 0 radical (unpaired) electrons. The van der Waals surface area contributed by atoms with E-state index in [1.165, 1.54) is 20.9 Å². The number of hydrogen-bond donors (Lipinski definition) is 5. The van der Waals surface area contributed by atoms with Gasteiger partial charge in [-0.25, -0.2) is 4.79 Å². The molecule has 0 aromatic carbocycles. The van der Waals surface area contributed by atoms with Crippen molar-refractivity contribution < 1.29 is 49.2 Å². The standard InChI is InChI=1S/C27H47N3O10/c1-12-14(3)18(28-9)19(33)25(7,29(10)20(34)16(5)31)22(36)27(15(4)13-2,30(11)21(35)17(6)32)23(37)26(8,40)24(38)39/h14-18,28,31-32,40H,12-13H2,1-11H3,(H,38,39)/t14-,15+,16-,17-,18+,25-,26+,27-/m1/s1. The number of likely N-dealkylation sites (N-methyl/N-ethyl adjacent to an activating group) is 3. The van der Waals surface area contributed by atoms with Gasteiger partial charge in [-0.1, -0.05) is 40.5 Å². The fraction of sp³-hybridized carbons (Fsp3) is 0.778. The Bertz CT molecular complexity index is 995. The van der Waals surface area contributed by atoms with E-state index in [0.717, 1.165) is 34.9 Å². The van der Waals surface area contributed by atoms with Crippen LogP contribution in [0.25, 0.3) is 0 Å². The van der Waals surface area contributed by atoms with Crippen molar-refractivity contribution >= 4 is 35.1 Å². The maximum absolute atomic E-state index is 15.0. The molecule has 13 nitrogen and oxygen atoms in total. The highest BCUT2D eigenvalue weighted by molar-refractivity contribution is 6.30. The summed E-state index contributed by atoms with van der Waals surface area (Å²) in [6.45, 7) is 10.3. The number of aliphatic hydroxyl groups excluding tert-OH is 2. The zero-order chi connectivity index (χ0) is 32.1. The third-order valence-electron chi connectivity index (χ3n) is 8.18. The van der Waals surface area contributed by atoms with Gasteiger partial charge in [-0.3, -0.25) is 24.0 Å². The maximum atomic E-state index is 15.0. The second-order valence-corrected chi connectivity index (χ2v) is 10.8.